The number of aromatic amines is 1. The first-order chi connectivity index (χ1) is 17.0. The van der Waals surface area contributed by atoms with Gasteiger partial charge in [-0.2, -0.15) is 0 Å². The van der Waals surface area contributed by atoms with Crippen molar-refractivity contribution in [3.8, 4) is 5.75 Å². The van der Waals surface area contributed by atoms with Gasteiger partial charge in [-0.1, -0.05) is 30.3 Å². The van der Waals surface area contributed by atoms with Gasteiger partial charge in [0.2, 0.25) is 5.91 Å². The monoisotopic (exact) mass is 475 g/mol. The number of ether oxygens (including phenoxy) is 1. The summed E-state index contributed by atoms with van der Waals surface area (Å²) in [6.45, 7) is 0.287. The summed E-state index contributed by atoms with van der Waals surface area (Å²) in [5, 5.41) is 4.56. The summed E-state index contributed by atoms with van der Waals surface area (Å²) in [7, 11) is 0. The lowest BCUT2D eigenvalue weighted by Gasteiger charge is -2.31. The van der Waals surface area contributed by atoms with E-state index in [1.165, 1.54) is 23.8 Å². The molecule has 1 aliphatic rings. The number of hydrogen-bond acceptors (Lipinski definition) is 3. The number of fused-ring (bicyclic) bond motifs is 2. The molecule has 1 aromatic heterocycles. The molecular formula is C28H27F2N3O2. The number of halogens is 2. The van der Waals surface area contributed by atoms with Gasteiger partial charge >= 0.3 is 0 Å². The SMILES string of the molecule is NC(=O)c1ccc(F)c2c1CC(NC(CCc1c[nH]c3ccc(F)cc13)Cc1ccccc1)CO2. The summed E-state index contributed by atoms with van der Waals surface area (Å²) in [5.74, 6) is -1.23. The standard InChI is InChI=1S/C28H27F2N3O2/c29-19-7-11-26-23(13-19)18(15-32-26)6-8-20(12-17-4-2-1-3-5-17)33-21-14-24-22(28(31)34)9-10-25(30)27(24)35-16-21/h1-5,7,9-11,13,15,20-21,32-33H,6,8,12,14,16H2,(H2,31,34). The molecule has 35 heavy (non-hydrogen) atoms. The third kappa shape index (κ3) is 5.05. The van der Waals surface area contributed by atoms with Gasteiger partial charge < -0.3 is 20.8 Å². The molecular weight excluding hydrogens is 448 g/mol. The summed E-state index contributed by atoms with van der Waals surface area (Å²) in [6, 6.07) is 17.5. The number of H-pyrrole nitrogens is 1. The first-order valence-electron chi connectivity index (χ1n) is 11.8. The minimum atomic E-state index is -0.599. The minimum Gasteiger partial charge on any atom is -0.489 e. The number of benzene rings is 3. The zero-order valence-electron chi connectivity index (χ0n) is 19.2. The third-order valence-electron chi connectivity index (χ3n) is 6.65. The molecule has 1 amide bonds. The molecule has 5 rings (SSSR count). The van der Waals surface area contributed by atoms with Crippen LogP contribution in [0.15, 0.2) is 66.9 Å². The van der Waals surface area contributed by atoms with Crippen molar-refractivity contribution in [1.82, 2.24) is 10.3 Å². The number of aromatic nitrogens is 1. The average molecular weight is 476 g/mol. The van der Waals surface area contributed by atoms with E-state index in [0.717, 1.165) is 35.7 Å². The number of amides is 1. The van der Waals surface area contributed by atoms with Crippen molar-refractivity contribution in [1.29, 1.82) is 0 Å². The van der Waals surface area contributed by atoms with Crippen molar-refractivity contribution < 1.29 is 18.3 Å². The second-order valence-corrected chi connectivity index (χ2v) is 9.07. The van der Waals surface area contributed by atoms with Gasteiger partial charge in [0.15, 0.2) is 11.6 Å². The molecule has 2 atom stereocenters. The molecule has 0 saturated heterocycles. The summed E-state index contributed by atoms with van der Waals surface area (Å²) in [6.07, 6.45) is 4.71. The van der Waals surface area contributed by atoms with E-state index in [9.17, 15) is 13.6 Å². The lowest BCUT2D eigenvalue weighted by molar-refractivity contribution is 0.0997. The fraction of sp³-hybridized carbons (Fsp3) is 0.250. The predicted molar refractivity (Wildman–Crippen MR) is 132 cm³/mol. The van der Waals surface area contributed by atoms with Crippen molar-refractivity contribution in [2.24, 2.45) is 5.73 Å². The second kappa shape index (κ2) is 9.88. The summed E-state index contributed by atoms with van der Waals surface area (Å²) < 4.78 is 33.9. The van der Waals surface area contributed by atoms with E-state index in [1.54, 1.807) is 12.1 Å². The molecule has 2 unspecified atom stereocenters. The second-order valence-electron chi connectivity index (χ2n) is 9.07. The molecule has 180 valence electrons. The van der Waals surface area contributed by atoms with Crippen LogP contribution in [0.4, 0.5) is 8.78 Å². The normalized spacial score (nSPS) is 16.0. The van der Waals surface area contributed by atoms with Gasteiger partial charge in [0.05, 0.1) is 0 Å². The van der Waals surface area contributed by atoms with Crippen LogP contribution in [0.1, 0.15) is 33.5 Å². The zero-order valence-corrected chi connectivity index (χ0v) is 19.2. The highest BCUT2D eigenvalue weighted by Crippen LogP contribution is 2.31. The first kappa shape index (κ1) is 23.1. The van der Waals surface area contributed by atoms with Crippen molar-refractivity contribution in [2.75, 3.05) is 6.61 Å². The van der Waals surface area contributed by atoms with Gasteiger partial charge in [-0.05, 0) is 67.1 Å². The van der Waals surface area contributed by atoms with Crippen molar-refractivity contribution >= 4 is 16.8 Å². The lowest BCUT2D eigenvalue weighted by atomic mass is 9.94. The van der Waals surface area contributed by atoms with Gasteiger partial charge in [0, 0.05) is 40.3 Å². The molecule has 0 spiro atoms. The Balaban J connectivity index is 1.35. The molecule has 0 bridgehead atoms. The van der Waals surface area contributed by atoms with Crippen molar-refractivity contribution in [3.63, 3.8) is 0 Å². The van der Waals surface area contributed by atoms with Crippen molar-refractivity contribution in [3.05, 3.63) is 101 Å². The van der Waals surface area contributed by atoms with Gasteiger partial charge in [0.25, 0.3) is 0 Å². The van der Waals surface area contributed by atoms with E-state index in [0.29, 0.717) is 12.0 Å². The van der Waals surface area contributed by atoms with E-state index in [1.807, 2.05) is 24.4 Å². The maximum Gasteiger partial charge on any atom is 0.249 e. The van der Waals surface area contributed by atoms with Crippen LogP contribution < -0.4 is 15.8 Å². The van der Waals surface area contributed by atoms with Gasteiger partial charge in [-0.25, -0.2) is 8.78 Å². The van der Waals surface area contributed by atoms with E-state index in [2.05, 4.69) is 22.4 Å². The van der Waals surface area contributed by atoms with Crippen LogP contribution in [0.5, 0.6) is 5.75 Å². The van der Waals surface area contributed by atoms with E-state index < -0.39 is 11.7 Å². The summed E-state index contributed by atoms with van der Waals surface area (Å²) in [5.41, 5.74) is 9.48. The fourth-order valence-corrected chi connectivity index (χ4v) is 4.95. The third-order valence-corrected chi connectivity index (χ3v) is 6.65. The zero-order chi connectivity index (χ0) is 24.4. The summed E-state index contributed by atoms with van der Waals surface area (Å²) >= 11 is 0. The predicted octanol–water partition coefficient (Wildman–Crippen LogP) is 4.68. The Hall–Kier alpha value is -3.71. The minimum absolute atomic E-state index is 0.0802. The number of nitrogens with two attached hydrogens (primary N) is 1. The molecule has 7 heteroatoms. The lowest BCUT2D eigenvalue weighted by Crippen LogP contribution is -2.46. The molecule has 4 aromatic rings. The largest absolute Gasteiger partial charge is 0.489 e. The molecule has 2 heterocycles. The number of nitrogens with one attached hydrogen (secondary N) is 2. The Kier molecular flexibility index (Phi) is 6.51. The Morgan fingerprint density at radius 2 is 1.97 bits per heavy atom. The smallest absolute Gasteiger partial charge is 0.249 e. The van der Waals surface area contributed by atoms with Crippen LogP contribution in [0.2, 0.25) is 0 Å². The quantitative estimate of drug-likeness (QED) is 0.346. The highest BCUT2D eigenvalue weighted by atomic mass is 19.1. The fourth-order valence-electron chi connectivity index (χ4n) is 4.95. The number of carbonyl (C=O) groups is 1. The van der Waals surface area contributed by atoms with Gasteiger partial charge in [0.1, 0.15) is 12.4 Å². The number of carbonyl (C=O) groups excluding carboxylic acids is 1. The van der Waals surface area contributed by atoms with Gasteiger partial charge in [-0.15, -0.1) is 0 Å². The summed E-state index contributed by atoms with van der Waals surface area (Å²) in [4.78, 5) is 15.1. The maximum atomic E-state index is 14.3. The Morgan fingerprint density at radius 1 is 1.14 bits per heavy atom. The molecule has 5 nitrogen and oxygen atoms in total. The Morgan fingerprint density at radius 3 is 2.77 bits per heavy atom. The van der Waals surface area contributed by atoms with Gasteiger partial charge in [-0.3, -0.25) is 4.79 Å². The molecule has 1 aliphatic heterocycles. The van der Waals surface area contributed by atoms with Crippen molar-refractivity contribution in [2.45, 2.75) is 37.8 Å². The number of rotatable bonds is 8. The van der Waals surface area contributed by atoms with E-state index in [-0.39, 0.29) is 35.8 Å². The highest BCUT2D eigenvalue weighted by Gasteiger charge is 2.28. The molecule has 0 fully saturated rings. The Labute approximate surface area is 202 Å². The maximum absolute atomic E-state index is 14.3. The number of aryl methyl sites for hydroxylation is 1. The van der Waals surface area contributed by atoms with Crippen LogP contribution in [0, 0.1) is 11.6 Å². The molecule has 3 aromatic carbocycles. The molecule has 0 aliphatic carbocycles. The number of hydrogen-bond donors (Lipinski definition) is 3. The molecule has 4 N–H and O–H groups in total. The average Bonchev–Trinajstić information content (AvgIpc) is 3.25. The van der Waals surface area contributed by atoms with E-state index >= 15 is 0 Å². The van der Waals surface area contributed by atoms with Crippen LogP contribution in [0.3, 0.4) is 0 Å². The first-order valence-corrected chi connectivity index (χ1v) is 11.8. The van der Waals surface area contributed by atoms with Crippen LogP contribution in [-0.2, 0) is 19.3 Å². The number of primary amides is 1. The van der Waals surface area contributed by atoms with E-state index in [4.69, 9.17) is 10.5 Å². The Bertz CT molecular complexity index is 1350. The molecule has 0 radical (unpaired) electrons. The van der Waals surface area contributed by atoms with Crippen LogP contribution in [0.25, 0.3) is 10.9 Å². The highest BCUT2D eigenvalue weighted by molar-refractivity contribution is 5.95. The topological polar surface area (TPSA) is 80.1 Å². The molecule has 0 saturated carbocycles. The van der Waals surface area contributed by atoms with Crippen LogP contribution in [-0.4, -0.2) is 29.6 Å². The van der Waals surface area contributed by atoms with Crippen LogP contribution >= 0.6 is 0 Å².